The Morgan fingerprint density at radius 2 is 1.89 bits per heavy atom. The van der Waals surface area contributed by atoms with Crippen LogP contribution in [0.5, 0.6) is 0 Å². The van der Waals surface area contributed by atoms with E-state index < -0.39 is 10.8 Å². The number of ketones is 1. The molecule has 1 rings (SSSR count). The van der Waals surface area contributed by atoms with Gasteiger partial charge in [-0.05, 0) is 30.0 Å². The molecular weight excluding hydrogens is 251 g/mol. The van der Waals surface area contributed by atoms with Crippen molar-refractivity contribution in [1.29, 1.82) is 0 Å². The Hall–Kier alpha value is -1.03. The summed E-state index contributed by atoms with van der Waals surface area (Å²) in [7, 11) is -1.07. The van der Waals surface area contributed by atoms with Crippen molar-refractivity contribution in [3.63, 3.8) is 0 Å². The van der Waals surface area contributed by atoms with E-state index in [0.29, 0.717) is 11.7 Å². The summed E-state index contributed by atoms with van der Waals surface area (Å²) in [4.78, 5) is 11.7. The standard InChI is InChI=1S/C14H19FO2S/c1-11(2)7-8-18(17)10-14(16)9-12-3-5-13(15)6-4-12/h3-6,11H,7-10H2,1-2H3. The highest BCUT2D eigenvalue weighted by atomic mass is 32.2. The fourth-order valence-electron chi connectivity index (χ4n) is 1.50. The van der Waals surface area contributed by atoms with E-state index in [1.54, 1.807) is 12.1 Å². The number of carbonyl (C=O) groups is 1. The molecule has 0 fully saturated rings. The first-order valence-corrected chi connectivity index (χ1v) is 7.57. The molecule has 0 saturated heterocycles. The van der Waals surface area contributed by atoms with Crippen molar-refractivity contribution in [2.45, 2.75) is 26.7 Å². The molecule has 100 valence electrons. The van der Waals surface area contributed by atoms with E-state index in [-0.39, 0.29) is 23.8 Å². The molecule has 0 amide bonds. The third kappa shape index (κ3) is 6.05. The smallest absolute Gasteiger partial charge is 0.149 e. The van der Waals surface area contributed by atoms with Crippen molar-refractivity contribution in [2.24, 2.45) is 5.92 Å². The second kappa shape index (κ2) is 7.41. The molecule has 1 aromatic carbocycles. The number of benzene rings is 1. The number of hydrogen-bond acceptors (Lipinski definition) is 2. The highest BCUT2D eigenvalue weighted by Crippen LogP contribution is 2.05. The van der Waals surface area contributed by atoms with Crippen LogP contribution >= 0.6 is 0 Å². The SMILES string of the molecule is CC(C)CCS(=O)CC(=O)Cc1ccc(F)cc1. The van der Waals surface area contributed by atoms with Gasteiger partial charge in [-0.3, -0.25) is 9.00 Å². The minimum absolute atomic E-state index is 0.0521. The Morgan fingerprint density at radius 1 is 1.28 bits per heavy atom. The molecule has 0 aliphatic rings. The maximum Gasteiger partial charge on any atom is 0.149 e. The Balaban J connectivity index is 2.37. The lowest BCUT2D eigenvalue weighted by Crippen LogP contribution is -2.16. The summed E-state index contributed by atoms with van der Waals surface area (Å²) in [5.41, 5.74) is 0.766. The molecule has 18 heavy (non-hydrogen) atoms. The Labute approximate surface area is 110 Å². The first-order valence-electron chi connectivity index (χ1n) is 6.08. The molecule has 1 unspecified atom stereocenters. The van der Waals surface area contributed by atoms with Gasteiger partial charge in [0, 0.05) is 23.0 Å². The predicted molar refractivity (Wildman–Crippen MR) is 72.4 cm³/mol. The van der Waals surface area contributed by atoms with Gasteiger partial charge in [-0.25, -0.2) is 4.39 Å². The molecule has 0 aliphatic carbocycles. The van der Waals surface area contributed by atoms with Gasteiger partial charge in [0.15, 0.2) is 0 Å². The first kappa shape index (κ1) is 15.0. The van der Waals surface area contributed by atoms with E-state index in [1.807, 2.05) is 0 Å². The molecule has 4 heteroatoms. The second-order valence-corrected chi connectivity index (χ2v) is 6.39. The predicted octanol–water partition coefficient (Wildman–Crippen LogP) is 2.73. The summed E-state index contributed by atoms with van der Waals surface area (Å²) in [6, 6.07) is 5.84. The molecule has 0 bridgehead atoms. The maximum absolute atomic E-state index is 12.7. The van der Waals surface area contributed by atoms with E-state index in [0.717, 1.165) is 12.0 Å². The zero-order valence-electron chi connectivity index (χ0n) is 10.8. The van der Waals surface area contributed by atoms with Crippen molar-refractivity contribution in [1.82, 2.24) is 0 Å². The van der Waals surface area contributed by atoms with Gasteiger partial charge in [-0.2, -0.15) is 0 Å². The largest absolute Gasteiger partial charge is 0.298 e. The topological polar surface area (TPSA) is 34.1 Å². The number of rotatable bonds is 7. The fraction of sp³-hybridized carbons (Fsp3) is 0.500. The van der Waals surface area contributed by atoms with Crippen LogP contribution in [0.25, 0.3) is 0 Å². The quantitative estimate of drug-likeness (QED) is 0.763. The average Bonchev–Trinajstić information content (AvgIpc) is 2.29. The Bertz CT molecular complexity index is 412. The normalized spacial score (nSPS) is 12.7. The number of Topliss-reactive ketones (excluding diaryl/α,β-unsaturated/α-hetero) is 1. The zero-order valence-corrected chi connectivity index (χ0v) is 11.6. The van der Waals surface area contributed by atoms with Crippen LogP contribution in [-0.4, -0.2) is 21.5 Å². The molecule has 0 radical (unpaired) electrons. The van der Waals surface area contributed by atoms with Gasteiger partial charge in [0.05, 0.1) is 5.75 Å². The van der Waals surface area contributed by atoms with E-state index >= 15 is 0 Å². The molecule has 0 aromatic heterocycles. The molecule has 0 aliphatic heterocycles. The van der Waals surface area contributed by atoms with E-state index in [1.165, 1.54) is 12.1 Å². The van der Waals surface area contributed by atoms with Gasteiger partial charge < -0.3 is 0 Å². The third-order valence-electron chi connectivity index (χ3n) is 2.56. The molecule has 0 N–H and O–H groups in total. The molecule has 1 atom stereocenters. The minimum Gasteiger partial charge on any atom is -0.298 e. The van der Waals surface area contributed by atoms with E-state index in [2.05, 4.69) is 13.8 Å². The van der Waals surface area contributed by atoms with Crippen LogP contribution in [0, 0.1) is 11.7 Å². The molecule has 0 heterocycles. The Morgan fingerprint density at radius 3 is 2.44 bits per heavy atom. The summed E-state index contributed by atoms with van der Waals surface area (Å²) in [5.74, 6) is 0.813. The lowest BCUT2D eigenvalue weighted by molar-refractivity contribution is -0.116. The molecule has 0 saturated carbocycles. The highest BCUT2D eigenvalue weighted by molar-refractivity contribution is 7.85. The van der Waals surface area contributed by atoms with Gasteiger partial charge in [-0.1, -0.05) is 26.0 Å². The van der Waals surface area contributed by atoms with Crippen LogP contribution in [0.3, 0.4) is 0 Å². The first-order chi connectivity index (χ1) is 8.47. The summed E-state index contributed by atoms with van der Waals surface area (Å²) >= 11 is 0. The van der Waals surface area contributed by atoms with Crippen LogP contribution in [0.4, 0.5) is 4.39 Å². The summed E-state index contributed by atoms with van der Waals surface area (Å²) in [6.45, 7) is 4.13. The van der Waals surface area contributed by atoms with Gasteiger partial charge in [0.2, 0.25) is 0 Å². The van der Waals surface area contributed by atoms with Crippen LogP contribution in [0.2, 0.25) is 0 Å². The average molecular weight is 270 g/mol. The van der Waals surface area contributed by atoms with Crippen LogP contribution in [0.1, 0.15) is 25.8 Å². The lowest BCUT2D eigenvalue weighted by Gasteiger charge is -2.04. The number of carbonyl (C=O) groups excluding carboxylic acids is 1. The molecule has 0 spiro atoms. The lowest BCUT2D eigenvalue weighted by atomic mass is 10.1. The molecular formula is C14H19FO2S. The summed E-state index contributed by atoms with van der Waals surface area (Å²) in [5, 5.41) is 0. The van der Waals surface area contributed by atoms with Crippen LogP contribution in [-0.2, 0) is 22.0 Å². The van der Waals surface area contributed by atoms with Crippen molar-refractivity contribution < 1.29 is 13.4 Å². The molecule has 2 nitrogen and oxygen atoms in total. The summed E-state index contributed by atoms with van der Waals surface area (Å²) in [6.07, 6.45) is 1.10. The summed E-state index contributed by atoms with van der Waals surface area (Å²) < 4.78 is 24.3. The number of hydrogen-bond donors (Lipinski definition) is 0. The second-order valence-electron chi connectivity index (χ2n) is 4.81. The maximum atomic E-state index is 12.7. The minimum atomic E-state index is -1.07. The van der Waals surface area contributed by atoms with Crippen LogP contribution < -0.4 is 0 Å². The van der Waals surface area contributed by atoms with Crippen LogP contribution in [0.15, 0.2) is 24.3 Å². The van der Waals surface area contributed by atoms with Crippen molar-refractivity contribution in [2.75, 3.05) is 11.5 Å². The highest BCUT2D eigenvalue weighted by Gasteiger charge is 2.09. The Kier molecular flexibility index (Phi) is 6.19. The van der Waals surface area contributed by atoms with Crippen molar-refractivity contribution >= 4 is 16.6 Å². The fourth-order valence-corrected chi connectivity index (χ4v) is 2.84. The van der Waals surface area contributed by atoms with Gasteiger partial charge in [0.25, 0.3) is 0 Å². The molecule has 1 aromatic rings. The van der Waals surface area contributed by atoms with Gasteiger partial charge in [-0.15, -0.1) is 0 Å². The van der Waals surface area contributed by atoms with Crippen molar-refractivity contribution in [3.8, 4) is 0 Å². The third-order valence-corrected chi connectivity index (χ3v) is 3.89. The van der Waals surface area contributed by atoms with E-state index in [4.69, 9.17) is 0 Å². The van der Waals surface area contributed by atoms with Gasteiger partial charge in [0.1, 0.15) is 11.6 Å². The monoisotopic (exact) mass is 270 g/mol. The van der Waals surface area contributed by atoms with Gasteiger partial charge >= 0.3 is 0 Å². The van der Waals surface area contributed by atoms with Crippen molar-refractivity contribution in [3.05, 3.63) is 35.6 Å². The number of halogens is 1. The van der Waals surface area contributed by atoms with E-state index in [9.17, 15) is 13.4 Å². The zero-order chi connectivity index (χ0) is 13.5.